The van der Waals surface area contributed by atoms with Gasteiger partial charge in [0, 0.05) is 12.6 Å². The van der Waals surface area contributed by atoms with Gasteiger partial charge in [-0.25, -0.2) is 4.79 Å². The summed E-state index contributed by atoms with van der Waals surface area (Å²) in [7, 11) is 0. The van der Waals surface area contributed by atoms with Crippen LogP contribution in [0.3, 0.4) is 0 Å². The van der Waals surface area contributed by atoms with E-state index in [-0.39, 0.29) is 6.04 Å². The number of nitrogens with zero attached hydrogens (tertiary/aromatic N) is 1. The molecule has 0 aliphatic heterocycles. The first-order chi connectivity index (χ1) is 5.13. The summed E-state index contributed by atoms with van der Waals surface area (Å²) in [5, 5.41) is 0. The molecule has 11 heavy (non-hydrogen) atoms. The number of hydrogen-bond donors (Lipinski definition) is 0. The lowest BCUT2D eigenvalue weighted by Crippen LogP contribution is -2.36. The highest BCUT2D eigenvalue weighted by Gasteiger charge is 2.14. The molecule has 0 aromatic rings. The minimum atomic E-state index is -0.454. The molecule has 3 nitrogen and oxygen atoms in total. The Hall–Kier alpha value is -1.17. The molecule has 0 aromatic carbocycles. The van der Waals surface area contributed by atoms with Crippen molar-refractivity contribution in [3.05, 3.63) is 0 Å². The quantitative estimate of drug-likeness (QED) is 0.565. The van der Waals surface area contributed by atoms with E-state index in [1.165, 1.54) is 0 Å². The van der Waals surface area contributed by atoms with Gasteiger partial charge >= 0.3 is 6.09 Å². The van der Waals surface area contributed by atoms with E-state index in [9.17, 15) is 4.79 Å². The molecule has 0 rings (SSSR count). The zero-order valence-corrected chi connectivity index (χ0v) is 7.13. The van der Waals surface area contributed by atoms with Crippen molar-refractivity contribution in [2.24, 2.45) is 0 Å². The SMILES string of the molecule is C#COC(=O)N(CC)C(C)C. The molecule has 3 heteroatoms. The Bertz CT molecular complexity index is 169. The summed E-state index contributed by atoms with van der Waals surface area (Å²) in [6.07, 6.45) is 6.19. The van der Waals surface area contributed by atoms with E-state index in [2.05, 4.69) is 4.74 Å². The lowest BCUT2D eigenvalue weighted by atomic mass is 10.3. The topological polar surface area (TPSA) is 29.5 Å². The largest absolute Gasteiger partial charge is 0.424 e. The van der Waals surface area contributed by atoms with Crippen LogP contribution in [0.5, 0.6) is 0 Å². The zero-order valence-electron chi connectivity index (χ0n) is 7.13. The van der Waals surface area contributed by atoms with Crippen molar-refractivity contribution >= 4 is 6.09 Å². The Morgan fingerprint density at radius 1 is 1.73 bits per heavy atom. The number of terminal acetylenes is 1. The maximum Gasteiger partial charge on any atom is 0.424 e. The predicted octanol–water partition coefficient (Wildman–Crippen LogP) is 1.44. The highest BCUT2D eigenvalue weighted by Crippen LogP contribution is 1.99. The average molecular weight is 155 g/mol. The van der Waals surface area contributed by atoms with Crippen LogP contribution in [0, 0.1) is 12.5 Å². The van der Waals surface area contributed by atoms with Gasteiger partial charge < -0.3 is 9.64 Å². The summed E-state index contributed by atoms with van der Waals surface area (Å²) >= 11 is 0. The maximum atomic E-state index is 11.0. The second-order valence-electron chi connectivity index (χ2n) is 2.37. The highest BCUT2D eigenvalue weighted by molar-refractivity contribution is 5.68. The third-order valence-electron chi connectivity index (χ3n) is 1.34. The van der Waals surface area contributed by atoms with Crippen molar-refractivity contribution in [3.8, 4) is 12.5 Å². The summed E-state index contributed by atoms with van der Waals surface area (Å²) in [6, 6.07) is 0.126. The monoisotopic (exact) mass is 155 g/mol. The van der Waals surface area contributed by atoms with Gasteiger partial charge in [-0.3, -0.25) is 0 Å². The van der Waals surface area contributed by atoms with E-state index >= 15 is 0 Å². The van der Waals surface area contributed by atoms with Crippen LogP contribution < -0.4 is 0 Å². The molecule has 0 heterocycles. The summed E-state index contributed by atoms with van der Waals surface area (Å²) in [5.41, 5.74) is 0. The lowest BCUT2D eigenvalue weighted by molar-refractivity contribution is 0.133. The first kappa shape index (κ1) is 9.83. The maximum absolute atomic E-state index is 11.0. The molecule has 0 aromatic heterocycles. The van der Waals surface area contributed by atoms with Gasteiger partial charge in [-0.15, -0.1) is 0 Å². The van der Waals surface area contributed by atoms with Crippen molar-refractivity contribution in [1.82, 2.24) is 4.90 Å². The van der Waals surface area contributed by atoms with Gasteiger partial charge in [0.05, 0.1) is 0 Å². The number of amides is 1. The molecule has 0 atom stereocenters. The predicted molar refractivity (Wildman–Crippen MR) is 42.8 cm³/mol. The molecule has 0 saturated carbocycles. The first-order valence-electron chi connectivity index (χ1n) is 3.56. The Balaban J connectivity index is 4.05. The Morgan fingerprint density at radius 3 is 2.55 bits per heavy atom. The third kappa shape index (κ3) is 2.94. The van der Waals surface area contributed by atoms with Crippen LogP contribution >= 0.6 is 0 Å². The van der Waals surface area contributed by atoms with E-state index < -0.39 is 6.09 Å². The molecule has 0 aliphatic rings. The van der Waals surface area contributed by atoms with Gasteiger partial charge in [0.25, 0.3) is 0 Å². The van der Waals surface area contributed by atoms with Crippen LogP contribution in [-0.4, -0.2) is 23.6 Å². The van der Waals surface area contributed by atoms with Gasteiger partial charge in [0.15, 0.2) is 0 Å². The average Bonchev–Trinajstić information content (AvgIpc) is 1.88. The molecular weight excluding hydrogens is 142 g/mol. The van der Waals surface area contributed by atoms with Crippen molar-refractivity contribution in [1.29, 1.82) is 0 Å². The van der Waals surface area contributed by atoms with Gasteiger partial charge in [-0.1, -0.05) is 6.42 Å². The third-order valence-corrected chi connectivity index (χ3v) is 1.34. The number of carbonyl (C=O) groups is 1. The molecule has 0 fully saturated rings. The summed E-state index contributed by atoms with van der Waals surface area (Å²) < 4.78 is 4.37. The van der Waals surface area contributed by atoms with Crippen LogP contribution in [0.1, 0.15) is 20.8 Å². The van der Waals surface area contributed by atoms with Crippen LogP contribution in [0.4, 0.5) is 4.79 Å². The fourth-order valence-electron chi connectivity index (χ4n) is 0.814. The Labute approximate surface area is 67.3 Å². The molecule has 0 aliphatic carbocycles. The van der Waals surface area contributed by atoms with Gasteiger partial charge in [-0.05, 0) is 20.8 Å². The Morgan fingerprint density at radius 2 is 2.27 bits per heavy atom. The normalized spacial score (nSPS) is 9.00. The molecule has 0 N–H and O–H groups in total. The standard InChI is InChI=1S/C8H13NO2/c1-5-9(7(3)4)8(10)11-6-2/h2,7H,5H2,1,3-4H3. The van der Waals surface area contributed by atoms with Crippen LogP contribution in [-0.2, 0) is 4.74 Å². The summed E-state index contributed by atoms with van der Waals surface area (Å²) in [6.45, 7) is 6.29. The Kier molecular flexibility index (Phi) is 4.12. The van der Waals surface area contributed by atoms with E-state index in [1.54, 1.807) is 4.90 Å². The van der Waals surface area contributed by atoms with Crippen LogP contribution in [0.2, 0.25) is 0 Å². The molecule has 0 spiro atoms. The fraction of sp³-hybridized carbons (Fsp3) is 0.625. The summed E-state index contributed by atoms with van der Waals surface area (Å²) in [4.78, 5) is 12.5. The van der Waals surface area contributed by atoms with E-state index in [0.717, 1.165) is 0 Å². The van der Waals surface area contributed by atoms with Crippen molar-refractivity contribution in [2.75, 3.05) is 6.54 Å². The van der Waals surface area contributed by atoms with Crippen LogP contribution in [0.25, 0.3) is 0 Å². The second-order valence-corrected chi connectivity index (χ2v) is 2.37. The minimum Gasteiger partial charge on any atom is -0.356 e. The number of ether oxygens (including phenoxy) is 1. The molecule has 62 valence electrons. The molecular formula is C8H13NO2. The van der Waals surface area contributed by atoms with Gasteiger partial charge in [0.1, 0.15) is 6.11 Å². The van der Waals surface area contributed by atoms with E-state index in [4.69, 9.17) is 6.42 Å². The minimum absolute atomic E-state index is 0.126. The first-order valence-corrected chi connectivity index (χ1v) is 3.56. The smallest absolute Gasteiger partial charge is 0.356 e. The van der Waals surface area contributed by atoms with E-state index in [0.29, 0.717) is 6.54 Å². The van der Waals surface area contributed by atoms with Crippen molar-refractivity contribution < 1.29 is 9.53 Å². The van der Waals surface area contributed by atoms with Gasteiger partial charge in [-0.2, -0.15) is 0 Å². The van der Waals surface area contributed by atoms with E-state index in [1.807, 2.05) is 26.9 Å². The second kappa shape index (κ2) is 4.62. The number of hydrogen-bond acceptors (Lipinski definition) is 2. The van der Waals surface area contributed by atoms with Crippen LogP contribution in [0.15, 0.2) is 0 Å². The highest BCUT2D eigenvalue weighted by atomic mass is 16.5. The molecule has 0 bridgehead atoms. The number of carbonyl (C=O) groups excluding carboxylic acids is 1. The number of rotatable bonds is 2. The molecule has 0 saturated heterocycles. The zero-order chi connectivity index (χ0) is 8.85. The summed E-state index contributed by atoms with van der Waals surface area (Å²) in [5.74, 6) is 0. The molecule has 0 radical (unpaired) electrons. The fourth-order valence-corrected chi connectivity index (χ4v) is 0.814. The van der Waals surface area contributed by atoms with Crippen molar-refractivity contribution in [2.45, 2.75) is 26.8 Å². The van der Waals surface area contributed by atoms with Crippen molar-refractivity contribution in [3.63, 3.8) is 0 Å². The molecule has 0 unspecified atom stereocenters. The molecule has 1 amide bonds. The lowest BCUT2D eigenvalue weighted by Gasteiger charge is -2.22. The van der Waals surface area contributed by atoms with Gasteiger partial charge in [0.2, 0.25) is 0 Å².